The van der Waals surface area contributed by atoms with Crippen LogP contribution in [-0.2, 0) is 20.6 Å². The molecule has 0 amide bonds. The van der Waals surface area contributed by atoms with E-state index in [-0.39, 0.29) is 5.56 Å². The molecule has 0 radical (unpaired) electrons. The van der Waals surface area contributed by atoms with Gasteiger partial charge in [0, 0.05) is 25.5 Å². The van der Waals surface area contributed by atoms with Gasteiger partial charge in [-0.05, 0) is 12.1 Å². The van der Waals surface area contributed by atoms with Crippen molar-refractivity contribution in [1.29, 1.82) is 0 Å². The normalized spacial score (nSPS) is 11.2. The monoisotopic (exact) mass is 413 g/mol. The maximum absolute atomic E-state index is 12.6. The molecule has 0 unspecified atom stereocenters. The van der Waals surface area contributed by atoms with E-state index in [0.29, 0.717) is 29.2 Å². The Bertz CT molecular complexity index is 1330. The van der Waals surface area contributed by atoms with Gasteiger partial charge < -0.3 is 14.0 Å². The summed E-state index contributed by atoms with van der Waals surface area (Å²) in [6.07, 6.45) is 1.55. The SMILES string of the molecule is COc1ccc(-c2nc(Cn3cnc4c3c(=O)n(C)c(=O)n4C)cs2)c(OC)c1. The van der Waals surface area contributed by atoms with Gasteiger partial charge in [-0.2, -0.15) is 0 Å². The zero-order valence-corrected chi connectivity index (χ0v) is 17.2. The number of imidazole rings is 1. The summed E-state index contributed by atoms with van der Waals surface area (Å²) in [5.41, 5.74) is 1.57. The number of rotatable bonds is 5. The van der Waals surface area contributed by atoms with Crippen molar-refractivity contribution in [2.75, 3.05) is 14.2 Å². The molecule has 0 aliphatic heterocycles. The number of hydrogen-bond donors (Lipinski definition) is 0. The average Bonchev–Trinajstić information content (AvgIpc) is 3.37. The molecule has 10 heteroatoms. The predicted molar refractivity (Wildman–Crippen MR) is 110 cm³/mol. The van der Waals surface area contributed by atoms with E-state index in [1.807, 2.05) is 23.6 Å². The predicted octanol–water partition coefficient (Wildman–Crippen LogP) is 1.62. The van der Waals surface area contributed by atoms with Crippen LogP contribution in [0.5, 0.6) is 11.5 Å². The van der Waals surface area contributed by atoms with E-state index in [0.717, 1.165) is 20.8 Å². The molecule has 0 saturated carbocycles. The van der Waals surface area contributed by atoms with Crippen LogP contribution in [0.4, 0.5) is 0 Å². The molecule has 29 heavy (non-hydrogen) atoms. The summed E-state index contributed by atoms with van der Waals surface area (Å²) in [6.45, 7) is 0.360. The van der Waals surface area contributed by atoms with Gasteiger partial charge in [-0.3, -0.25) is 13.9 Å². The van der Waals surface area contributed by atoms with E-state index in [9.17, 15) is 9.59 Å². The number of aromatic nitrogens is 5. The third kappa shape index (κ3) is 3.11. The van der Waals surface area contributed by atoms with E-state index >= 15 is 0 Å². The van der Waals surface area contributed by atoms with Crippen LogP contribution in [0, 0.1) is 0 Å². The van der Waals surface area contributed by atoms with Crippen molar-refractivity contribution in [3.63, 3.8) is 0 Å². The maximum atomic E-state index is 12.6. The fraction of sp³-hybridized carbons (Fsp3) is 0.263. The number of hydrogen-bond acceptors (Lipinski definition) is 7. The standard InChI is InChI=1S/C19H19N5O4S/c1-22-16-15(18(25)23(2)19(22)26)24(10-20-16)8-11-9-29-17(21-11)13-6-5-12(27-3)7-14(13)28-4/h5-7,9-10H,8H2,1-4H3. The van der Waals surface area contributed by atoms with Gasteiger partial charge >= 0.3 is 5.69 Å². The number of ether oxygens (including phenoxy) is 2. The van der Waals surface area contributed by atoms with Crippen molar-refractivity contribution in [1.82, 2.24) is 23.7 Å². The van der Waals surface area contributed by atoms with Gasteiger partial charge in [-0.25, -0.2) is 14.8 Å². The van der Waals surface area contributed by atoms with Gasteiger partial charge in [-0.1, -0.05) is 0 Å². The van der Waals surface area contributed by atoms with Crippen molar-refractivity contribution in [2.24, 2.45) is 14.1 Å². The van der Waals surface area contributed by atoms with Gasteiger partial charge in [0.25, 0.3) is 5.56 Å². The van der Waals surface area contributed by atoms with E-state index in [4.69, 9.17) is 14.5 Å². The summed E-state index contributed by atoms with van der Waals surface area (Å²) in [6, 6.07) is 5.56. The molecule has 4 rings (SSSR count). The molecule has 0 N–H and O–H groups in total. The number of nitrogens with zero attached hydrogens (tertiary/aromatic N) is 5. The molecular weight excluding hydrogens is 394 g/mol. The molecule has 3 aromatic heterocycles. The van der Waals surface area contributed by atoms with E-state index in [1.54, 1.807) is 32.2 Å². The summed E-state index contributed by atoms with van der Waals surface area (Å²) < 4.78 is 14.9. The molecule has 4 aromatic rings. The summed E-state index contributed by atoms with van der Waals surface area (Å²) >= 11 is 1.48. The second-order valence-corrected chi connectivity index (χ2v) is 7.32. The van der Waals surface area contributed by atoms with Crippen molar-refractivity contribution >= 4 is 22.5 Å². The number of fused-ring (bicyclic) bond motifs is 1. The van der Waals surface area contributed by atoms with Crippen molar-refractivity contribution < 1.29 is 9.47 Å². The first-order valence-corrected chi connectivity index (χ1v) is 9.60. The lowest BCUT2D eigenvalue weighted by Crippen LogP contribution is -2.37. The quantitative estimate of drug-likeness (QED) is 0.494. The smallest absolute Gasteiger partial charge is 0.332 e. The minimum atomic E-state index is -0.407. The first-order valence-electron chi connectivity index (χ1n) is 8.72. The van der Waals surface area contributed by atoms with Crippen LogP contribution < -0.4 is 20.7 Å². The molecule has 0 atom stereocenters. The zero-order valence-electron chi connectivity index (χ0n) is 16.4. The summed E-state index contributed by atoms with van der Waals surface area (Å²) in [5, 5.41) is 2.72. The van der Waals surface area contributed by atoms with E-state index in [1.165, 1.54) is 23.0 Å². The molecule has 150 valence electrons. The minimum absolute atomic E-state index is 0.352. The highest BCUT2D eigenvalue weighted by Crippen LogP contribution is 2.35. The van der Waals surface area contributed by atoms with Crippen molar-refractivity contribution in [2.45, 2.75) is 6.54 Å². The first-order chi connectivity index (χ1) is 13.9. The fourth-order valence-electron chi connectivity index (χ4n) is 3.17. The molecule has 0 bridgehead atoms. The number of thiazole rings is 1. The Kier molecular flexibility index (Phi) is 4.71. The van der Waals surface area contributed by atoms with Crippen LogP contribution in [0.1, 0.15) is 5.69 Å². The lowest BCUT2D eigenvalue weighted by molar-refractivity contribution is 0.395. The average molecular weight is 413 g/mol. The van der Waals surface area contributed by atoms with Crippen LogP contribution >= 0.6 is 11.3 Å². The highest BCUT2D eigenvalue weighted by molar-refractivity contribution is 7.13. The van der Waals surface area contributed by atoms with Gasteiger partial charge in [0.15, 0.2) is 11.2 Å². The Morgan fingerprint density at radius 1 is 1.10 bits per heavy atom. The number of methoxy groups -OCH3 is 2. The van der Waals surface area contributed by atoms with Gasteiger partial charge in [0.2, 0.25) is 0 Å². The second-order valence-electron chi connectivity index (χ2n) is 6.46. The minimum Gasteiger partial charge on any atom is -0.497 e. The molecule has 0 aliphatic rings. The van der Waals surface area contributed by atoms with Crippen molar-refractivity contribution in [3.05, 3.63) is 56.4 Å². The molecule has 0 fully saturated rings. The van der Waals surface area contributed by atoms with E-state index < -0.39 is 5.69 Å². The third-order valence-electron chi connectivity index (χ3n) is 4.74. The molecule has 0 aliphatic carbocycles. The Morgan fingerprint density at radius 2 is 1.90 bits per heavy atom. The summed E-state index contributed by atoms with van der Waals surface area (Å²) in [7, 11) is 6.26. The lowest BCUT2D eigenvalue weighted by atomic mass is 10.2. The van der Waals surface area contributed by atoms with Crippen LogP contribution in [0.15, 0.2) is 39.5 Å². The highest BCUT2D eigenvalue weighted by atomic mass is 32.1. The lowest BCUT2D eigenvalue weighted by Gasteiger charge is -2.08. The largest absolute Gasteiger partial charge is 0.497 e. The fourth-order valence-corrected chi connectivity index (χ4v) is 4.01. The molecule has 9 nitrogen and oxygen atoms in total. The summed E-state index contributed by atoms with van der Waals surface area (Å²) in [4.78, 5) is 33.6. The van der Waals surface area contributed by atoms with Crippen LogP contribution in [0.2, 0.25) is 0 Å². The molecular formula is C19H19N5O4S. The number of aryl methyl sites for hydroxylation is 1. The van der Waals surface area contributed by atoms with Crippen LogP contribution in [0.3, 0.4) is 0 Å². The van der Waals surface area contributed by atoms with Gasteiger partial charge in [0.05, 0.1) is 38.3 Å². The Hall–Kier alpha value is -3.40. The second kappa shape index (κ2) is 7.21. The first kappa shape index (κ1) is 18.9. The van der Waals surface area contributed by atoms with Crippen LogP contribution in [-0.4, -0.2) is 37.9 Å². The summed E-state index contributed by atoms with van der Waals surface area (Å²) in [5.74, 6) is 1.37. The molecule has 1 aromatic carbocycles. The van der Waals surface area contributed by atoms with Gasteiger partial charge in [-0.15, -0.1) is 11.3 Å². The van der Waals surface area contributed by atoms with Crippen molar-refractivity contribution in [3.8, 4) is 22.1 Å². The Labute approximate surface area is 169 Å². The Morgan fingerprint density at radius 3 is 2.62 bits per heavy atom. The van der Waals surface area contributed by atoms with E-state index in [2.05, 4.69) is 4.98 Å². The zero-order chi connectivity index (χ0) is 20.7. The highest BCUT2D eigenvalue weighted by Gasteiger charge is 2.16. The Balaban J connectivity index is 1.73. The number of benzene rings is 1. The molecule has 0 saturated heterocycles. The molecule has 0 spiro atoms. The topological polar surface area (TPSA) is 93.2 Å². The third-order valence-corrected chi connectivity index (χ3v) is 5.66. The van der Waals surface area contributed by atoms with Gasteiger partial charge in [0.1, 0.15) is 16.5 Å². The molecule has 3 heterocycles. The maximum Gasteiger partial charge on any atom is 0.332 e. The van der Waals surface area contributed by atoms with Crippen LogP contribution in [0.25, 0.3) is 21.7 Å².